The number of ether oxygens (including phenoxy) is 1. The van der Waals surface area contributed by atoms with Gasteiger partial charge in [0.1, 0.15) is 5.75 Å². The number of amides is 4. The predicted molar refractivity (Wildman–Crippen MR) is 95.8 cm³/mol. The molecule has 2 aliphatic heterocycles. The van der Waals surface area contributed by atoms with E-state index in [9.17, 15) is 14.4 Å². The van der Waals surface area contributed by atoms with Gasteiger partial charge in [0.05, 0.1) is 19.2 Å². The van der Waals surface area contributed by atoms with Crippen molar-refractivity contribution >= 4 is 17.8 Å². The molecule has 0 aliphatic carbocycles. The number of aryl methyl sites for hydroxylation is 1. The average molecular weight is 359 g/mol. The van der Waals surface area contributed by atoms with Crippen molar-refractivity contribution < 1.29 is 19.1 Å². The van der Waals surface area contributed by atoms with Crippen molar-refractivity contribution in [3.8, 4) is 5.75 Å². The predicted octanol–water partition coefficient (Wildman–Crippen LogP) is 1.56. The summed E-state index contributed by atoms with van der Waals surface area (Å²) in [4.78, 5) is 39.0. The highest BCUT2D eigenvalue weighted by molar-refractivity contribution is 6.02. The fourth-order valence-corrected chi connectivity index (χ4v) is 3.37. The van der Waals surface area contributed by atoms with Crippen molar-refractivity contribution in [3.05, 3.63) is 29.8 Å². The van der Waals surface area contributed by atoms with Gasteiger partial charge in [0, 0.05) is 19.5 Å². The van der Waals surface area contributed by atoms with Crippen molar-refractivity contribution in [2.24, 2.45) is 0 Å². The van der Waals surface area contributed by atoms with Crippen LogP contribution in [0.25, 0.3) is 0 Å². The number of hydrogen-bond donors (Lipinski definition) is 1. The summed E-state index contributed by atoms with van der Waals surface area (Å²) in [5, 5.41) is 2.53. The molecular weight excluding hydrogens is 334 g/mol. The molecule has 2 heterocycles. The molecule has 0 saturated carbocycles. The number of carbonyl (C=O) groups is 3. The second kappa shape index (κ2) is 8.21. The summed E-state index contributed by atoms with van der Waals surface area (Å²) in [7, 11) is 0. The van der Waals surface area contributed by atoms with E-state index in [-0.39, 0.29) is 30.4 Å². The number of rotatable bonds is 7. The standard InChI is InChI=1S/C19H25N3O4/c1-2-11-26-16-6-3-14(4-7-16)5-8-17(23)21-10-9-15(13-21)22-18(24)12-20-19(22)25/h3-4,6-7,15H,2,5,8-13H2,1H3,(H,20,25). The first-order valence-electron chi connectivity index (χ1n) is 9.18. The smallest absolute Gasteiger partial charge is 0.324 e. The van der Waals surface area contributed by atoms with Crippen LogP contribution >= 0.6 is 0 Å². The third-order valence-electron chi connectivity index (χ3n) is 4.78. The second-order valence-electron chi connectivity index (χ2n) is 6.70. The van der Waals surface area contributed by atoms with Gasteiger partial charge in [-0.1, -0.05) is 19.1 Å². The fourth-order valence-electron chi connectivity index (χ4n) is 3.37. The van der Waals surface area contributed by atoms with Crippen LogP contribution in [-0.2, 0) is 16.0 Å². The summed E-state index contributed by atoms with van der Waals surface area (Å²) in [5.41, 5.74) is 1.09. The normalized spacial score (nSPS) is 19.8. The minimum atomic E-state index is -0.348. The summed E-state index contributed by atoms with van der Waals surface area (Å²) in [6.45, 7) is 3.84. The molecule has 1 N–H and O–H groups in total. The number of urea groups is 1. The molecule has 0 aromatic heterocycles. The summed E-state index contributed by atoms with van der Waals surface area (Å²) in [6.07, 6.45) is 2.70. The molecule has 1 atom stereocenters. The summed E-state index contributed by atoms with van der Waals surface area (Å²) in [5.74, 6) is 0.698. The van der Waals surface area contributed by atoms with E-state index in [2.05, 4.69) is 12.2 Å². The van der Waals surface area contributed by atoms with Gasteiger partial charge in [-0.05, 0) is 37.0 Å². The van der Waals surface area contributed by atoms with E-state index in [1.165, 1.54) is 4.90 Å². The lowest BCUT2D eigenvalue weighted by molar-refractivity contribution is -0.131. The Balaban J connectivity index is 1.47. The van der Waals surface area contributed by atoms with Crippen LogP contribution in [0.2, 0.25) is 0 Å². The van der Waals surface area contributed by atoms with E-state index in [4.69, 9.17) is 4.74 Å². The molecule has 2 fully saturated rings. The minimum Gasteiger partial charge on any atom is -0.494 e. The maximum atomic E-state index is 12.4. The van der Waals surface area contributed by atoms with E-state index in [0.717, 1.165) is 17.7 Å². The van der Waals surface area contributed by atoms with Gasteiger partial charge in [-0.3, -0.25) is 14.5 Å². The Hall–Kier alpha value is -2.57. The third-order valence-corrected chi connectivity index (χ3v) is 4.78. The van der Waals surface area contributed by atoms with E-state index >= 15 is 0 Å². The number of imide groups is 1. The molecule has 26 heavy (non-hydrogen) atoms. The van der Waals surface area contributed by atoms with Crippen LogP contribution in [0.1, 0.15) is 31.7 Å². The van der Waals surface area contributed by atoms with Gasteiger partial charge in [0.2, 0.25) is 11.8 Å². The minimum absolute atomic E-state index is 0.0568. The van der Waals surface area contributed by atoms with Crippen LogP contribution in [0.3, 0.4) is 0 Å². The SMILES string of the molecule is CCCOc1ccc(CCC(=O)N2CCC(N3C(=O)CNC3=O)C2)cc1. The van der Waals surface area contributed by atoms with Gasteiger partial charge in [0.15, 0.2) is 0 Å². The van der Waals surface area contributed by atoms with Gasteiger partial charge in [-0.2, -0.15) is 0 Å². The van der Waals surface area contributed by atoms with E-state index in [1.807, 2.05) is 24.3 Å². The van der Waals surface area contributed by atoms with Crippen LogP contribution in [0.15, 0.2) is 24.3 Å². The Kier molecular flexibility index (Phi) is 5.75. The molecule has 4 amide bonds. The van der Waals surface area contributed by atoms with Crippen molar-refractivity contribution in [2.45, 2.75) is 38.6 Å². The summed E-state index contributed by atoms with van der Waals surface area (Å²) >= 11 is 0. The summed E-state index contributed by atoms with van der Waals surface area (Å²) < 4.78 is 5.55. The number of likely N-dealkylation sites (tertiary alicyclic amines) is 1. The number of nitrogens with zero attached hydrogens (tertiary/aromatic N) is 2. The molecule has 1 unspecified atom stereocenters. The lowest BCUT2D eigenvalue weighted by atomic mass is 10.1. The number of benzene rings is 1. The van der Waals surface area contributed by atoms with Crippen molar-refractivity contribution in [2.75, 3.05) is 26.2 Å². The lowest BCUT2D eigenvalue weighted by Gasteiger charge is -2.21. The molecule has 7 heteroatoms. The maximum absolute atomic E-state index is 12.4. The number of nitrogens with one attached hydrogen (secondary N) is 1. The highest BCUT2D eigenvalue weighted by atomic mass is 16.5. The second-order valence-corrected chi connectivity index (χ2v) is 6.70. The highest BCUT2D eigenvalue weighted by Crippen LogP contribution is 2.20. The highest BCUT2D eigenvalue weighted by Gasteiger charge is 2.39. The van der Waals surface area contributed by atoms with Gasteiger partial charge in [-0.25, -0.2) is 4.79 Å². The summed E-state index contributed by atoms with van der Waals surface area (Å²) in [6, 6.07) is 7.28. The molecule has 2 aliphatic rings. The molecule has 2 saturated heterocycles. The topological polar surface area (TPSA) is 79.0 Å². The Labute approximate surface area is 153 Å². The molecule has 0 bridgehead atoms. The average Bonchev–Trinajstić information content (AvgIpc) is 3.25. The zero-order chi connectivity index (χ0) is 18.5. The molecule has 1 aromatic rings. The van der Waals surface area contributed by atoms with E-state index < -0.39 is 0 Å². The molecule has 7 nitrogen and oxygen atoms in total. The van der Waals surface area contributed by atoms with Crippen LogP contribution in [0.4, 0.5) is 4.79 Å². The van der Waals surface area contributed by atoms with Crippen LogP contribution in [0.5, 0.6) is 5.75 Å². The van der Waals surface area contributed by atoms with Crippen molar-refractivity contribution in [3.63, 3.8) is 0 Å². The Morgan fingerprint density at radius 3 is 2.69 bits per heavy atom. The first-order valence-corrected chi connectivity index (χ1v) is 9.18. The van der Waals surface area contributed by atoms with E-state index in [1.54, 1.807) is 4.90 Å². The fraction of sp³-hybridized carbons (Fsp3) is 0.526. The zero-order valence-corrected chi connectivity index (χ0v) is 15.1. The first kappa shape index (κ1) is 18.2. The van der Waals surface area contributed by atoms with Gasteiger partial charge in [0.25, 0.3) is 0 Å². The van der Waals surface area contributed by atoms with Crippen molar-refractivity contribution in [1.82, 2.24) is 15.1 Å². The van der Waals surface area contributed by atoms with Crippen LogP contribution < -0.4 is 10.1 Å². The molecule has 0 spiro atoms. The number of carbonyl (C=O) groups excluding carboxylic acids is 3. The van der Waals surface area contributed by atoms with Gasteiger partial charge < -0.3 is 15.0 Å². The Morgan fingerprint density at radius 2 is 2.04 bits per heavy atom. The Morgan fingerprint density at radius 1 is 1.27 bits per heavy atom. The zero-order valence-electron chi connectivity index (χ0n) is 15.1. The van der Waals surface area contributed by atoms with Crippen molar-refractivity contribution in [1.29, 1.82) is 0 Å². The molecule has 1 aromatic carbocycles. The quantitative estimate of drug-likeness (QED) is 0.750. The number of hydrogen-bond acceptors (Lipinski definition) is 4. The van der Waals surface area contributed by atoms with E-state index in [0.29, 0.717) is 39.0 Å². The molecular formula is C19H25N3O4. The van der Waals surface area contributed by atoms with Gasteiger partial charge in [-0.15, -0.1) is 0 Å². The third kappa shape index (κ3) is 4.15. The molecule has 0 radical (unpaired) electrons. The van der Waals surface area contributed by atoms with Crippen LogP contribution in [0, 0.1) is 0 Å². The molecule has 3 rings (SSSR count). The molecule has 140 valence electrons. The maximum Gasteiger partial charge on any atom is 0.324 e. The lowest BCUT2D eigenvalue weighted by Crippen LogP contribution is -2.42. The Bertz CT molecular complexity index is 658. The monoisotopic (exact) mass is 359 g/mol. The first-order chi connectivity index (χ1) is 12.6. The van der Waals surface area contributed by atoms with Crippen LogP contribution in [-0.4, -0.2) is 59.9 Å². The van der Waals surface area contributed by atoms with Gasteiger partial charge >= 0.3 is 6.03 Å². The largest absolute Gasteiger partial charge is 0.494 e.